The van der Waals surface area contributed by atoms with Gasteiger partial charge in [-0.2, -0.15) is 5.10 Å². The predicted octanol–water partition coefficient (Wildman–Crippen LogP) is 5.32. The van der Waals surface area contributed by atoms with Crippen molar-refractivity contribution in [1.82, 2.24) is 15.2 Å². The number of H-pyrrole nitrogens is 1. The molecule has 0 spiro atoms. The van der Waals surface area contributed by atoms with E-state index >= 15 is 0 Å². The van der Waals surface area contributed by atoms with E-state index in [1.807, 2.05) is 0 Å². The molecule has 4 heteroatoms. The van der Waals surface area contributed by atoms with Crippen LogP contribution in [0.25, 0.3) is 0 Å². The molecule has 0 saturated heterocycles. The zero-order chi connectivity index (χ0) is 15.5. The Kier molecular flexibility index (Phi) is 8.83. The number of nitrogens with one attached hydrogen (secondary N) is 1. The predicted molar refractivity (Wildman–Crippen MR) is 92.5 cm³/mol. The van der Waals surface area contributed by atoms with Gasteiger partial charge in [0.2, 0.25) is 0 Å². The Balaban J connectivity index is 2.19. The molecule has 1 rings (SSSR count). The molecule has 0 atom stereocenters. The molecule has 0 fully saturated rings. The lowest BCUT2D eigenvalue weighted by atomic mass is 10.1. The molecule has 116 valence electrons. The summed E-state index contributed by atoms with van der Waals surface area (Å²) >= 11 is 1.68. The van der Waals surface area contributed by atoms with E-state index in [0.29, 0.717) is 0 Å². The highest BCUT2D eigenvalue weighted by molar-refractivity contribution is 7.99. The maximum Gasteiger partial charge on any atom is 0.183 e. The molecular weight excluding hydrogens is 278 g/mol. The second kappa shape index (κ2) is 10.4. The summed E-state index contributed by atoms with van der Waals surface area (Å²) in [5.41, 5.74) is 4.34. The molecule has 0 aliphatic heterocycles. The van der Waals surface area contributed by atoms with Crippen molar-refractivity contribution in [3.8, 4) is 0 Å². The van der Waals surface area contributed by atoms with E-state index in [2.05, 4.69) is 61.1 Å². The average Bonchev–Trinajstić information content (AvgIpc) is 2.91. The van der Waals surface area contributed by atoms with Gasteiger partial charge in [-0.3, -0.25) is 5.10 Å². The summed E-state index contributed by atoms with van der Waals surface area (Å²) in [6.07, 6.45) is 13.1. The highest BCUT2D eigenvalue weighted by atomic mass is 32.2. The number of thioether (sulfide) groups is 1. The maximum atomic E-state index is 4.09. The Hall–Kier alpha value is -1.29. The highest BCUT2D eigenvalue weighted by Gasteiger charge is 1.95. The van der Waals surface area contributed by atoms with Gasteiger partial charge in [-0.15, -0.1) is 0 Å². The van der Waals surface area contributed by atoms with Crippen LogP contribution in [0.2, 0.25) is 0 Å². The number of allylic oxidation sites excluding steroid dienone is 5. The molecule has 1 aromatic rings. The summed E-state index contributed by atoms with van der Waals surface area (Å²) < 4.78 is 0. The van der Waals surface area contributed by atoms with Gasteiger partial charge in [0, 0.05) is 5.75 Å². The molecule has 0 saturated carbocycles. The van der Waals surface area contributed by atoms with Crippen LogP contribution in [0.15, 0.2) is 46.4 Å². The molecule has 1 heterocycles. The number of aromatic nitrogens is 3. The third kappa shape index (κ3) is 9.29. The molecule has 0 aliphatic carbocycles. The van der Waals surface area contributed by atoms with Gasteiger partial charge in [0.15, 0.2) is 5.16 Å². The third-order valence-electron chi connectivity index (χ3n) is 3.17. The molecule has 1 aromatic heterocycles. The SMILES string of the molecule is CC(C)=CCCC(C)=CCCC(C)=CCSc1ncn[nH]1. The lowest BCUT2D eigenvalue weighted by molar-refractivity contribution is 0.917. The van der Waals surface area contributed by atoms with Crippen LogP contribution in [0.3, 0.4) is 0 Å². The molecule has 0 unspecified atom stereocenters. The largest absolute Gasteiger partial charge is 0.254 e. The van der Waals surface area contributed by atoms with Crippen LogP contribution in [-0.2, 0) is 0 Å². The van der Waals surface area contributed by atoms with Crippen molar-refractivity contribution in [2.24, 2.45) is 0 Å². The van der Waals surface area contributed by atoms with Gasteiger partial charge in [0.05, 0.1) is 0 Å². The second-order valence-electron chi connectivity index (χ2n) is 5.56. The summed E-state index contributed by atoms with van der Waals surface area (Å²) in [6, 6.07) is 0. The first-order chi connectivity index (χ1) is 10.1. The topological polar surface area (TPSA) is 41.6 Å². The van der Waals surface area contributed by atoms with Crippen LogP contribution in [0, 0.1) is 0 Å². The molecule has 3 nitrogen and oxygen atoms in total. The fourth-order valence-electron chi connectivity index (χ4n) is 1.87. The first-order valence-corrected chi connectivity index (χ1v) is 8.49. The summed E-state index contributed by atoms with van der Waals surface area (Å²) in [5.74, 6) is 0.949. The molecule has 0 radical (unpaired) electrons. The first kappa shape index (κ1) is 17.8. The van der Waals surface area contributed by atoms with Gasteiger partial charge in [-0.1, -0.05) is 46.7 Å². The van der Waals surface area contributed by atoms with Gasteiger partial charge >= 0.3 is 0 Å². The standard InChI is InChI=1S/C17H27N3S/c1-14(2)7-5-8-15(3)9-6-10-16(4)11-12-21-17-18-13-19-20-17/h7,9,11,13H,5-6,8,10,12H2,1-4H3,(H,18,19,20). The van der Waals surface area contributed by atoms with Crippen LogP contribution in [0.5, 0.6) is 0 Å². The van der Waals surface area contributed by atoms with E-state index in [0.717, 1.165) is 30.2 Å². The first-order valence-electron chi connectivity index (χ1n) is 7.50. The van der Waals surface area contributed by atoms with E-state index in [9.17, 15) is 0 Å². The Labute approximate surface area is 133 Å². The lowest BCUT2D eigenvalue weighted by Crippen LogP contribution is -1.83. The Morgan fingerprint density at radius 3 is 2.33 bits per heavy atom. The summed E-state index contributed by atoms with van der Waals surface area (Å²) in [6.45, 7) is 8.75. The van der Waals surface area contributed by atoms with Crippen LogP contribution in [0.1, 0.15) is 53.4 Å². The Morgan fingerprint density at radius 1 is 1.05 bits per heavy atom. The molecule has 0 amide bonds. The quantitative estimate of drug-likeness (QED) is 0.496. The third-order valence-corrected chi connectivity index (χ3v) is 3.97. The summed E-state index contributed by atoms with van der Waals surface area (Å²) in [5, 5.41) is 7.57. The van der Waals surface area contributed by atoms with Crippen molar-refractivity contribution >= 4 is 11.8 Å². The van der Waals surface area contributed by atoms with E-state index in [4.69, 9.17) is 0 Å². The number of nitrogens with zero attached hydrogens (tertiary/aromatic N) is 2. The van der Waals surface area contributed by atoms with Gasteiger partial charge in [-0.25, -0.2) is 4.98 Å². The van der Waals surface area contributed by atoms with E-state index < -0.39 is 0 Å². The fraction of sp³-hybridized carbons (Fsp3) is 0.529. The minimum Gasteiger partial charge on any atom is -0.254 e. The number of hydrogen-bond acceptors (Lipinski definition) is 3. The van der Waals surface area contributed by atoms with Gasteiger partial charge < -0.3 is 0 Å². The van der Waals surface area contributed by atoms with Gasteiger partial charge in [-0.05, 0) is 53.4 Å². The zero-order valence-electron chi connectivity index (χ0n) is 13.6. The van der Waals surface area contributed by atoms with Crippen molar-refractivity contribution in [2.45, 2.75) is 58.5 Å². The molecule has 0 aromatic carbocycles. The zero-order valence-corrected chi connectivity index (χ0v) is 14.5. The van der Waals surface area contributed by atoms with Crippen molar-refractivity contribution in [3.05, 3.63) is 41.3 Å². The maximum absolute atomic E-state index is 4.09. The van der Waals surface area contributed by atoms with Gasteiger partial charge in [0.1, 0.15) is 6.33 Å². The molecule has 21 heavy (non-hydrogen) atoms. The van der Waals surface area contributed by atoms with E-state index in [1.165, 1.54) is 23.1 Å². The smallest absolute Gasteiger partial charge is 0.183 e. The van der Waals surface area contributed by atoms with Crippen LogP contribution < -0.4 is 0 Å². The van der Waals surface area contributed by atoms with E-state index in [-0.39, 0.29) is 0 Å². The normalized spacial score (nSPS) is 12.6. The molecule has 0 aliphatic rings. The molecule has 1 N–H and O–H groups in total. The Morgan fingerprint density at radius 2 is 1.71 bits per heavy atom. The van der Waals surface area contributed by atoms with E-state index in [1.54, 1.807) is 18.1 Å². The fourth-order valence-corrected chi connectivity index (χ4v) is 2.63. The van der Waals surface area contributed by atoms with Crippen LogP contribution >= 0.6 is 11.8 Å². The Bertz CT molecular complexity index is 480. The van der Waals surface area contributed by atoms with Crippen LogP contribution in [0.4, 0.5) is 0 Å². The van der Waals surface area contributed by atoms with Crippen molar-refractivity contribution < 1.29 is 0 Å². The summed E-state index contributed by atoms with van der Waals surface area (Å²) in [4.78, 5) is 4.09. The highest BCUT2D eigenvalue weighted by Crippen LogP contribution is 2.14. The minimum atomic E-state index is 0.883. The number of rotatable bonds is 9. The van der Waals surface area contributed by atoms with Gasteiger partial charge in [0.25, 0.3) is 0 Å². The second-order valence-corrected chi connectivity index (χ2v) is 6.57. The van der Waals surface area contributed by atoms with Crippen molar-refractivity contribution in [1.29, 1.82) is 0 Å². The number of aromatic amines is 1. The average molecular weight is 305 g/mol. The van der Waals surface area contributed by atoms with Crippen LogP contribution in [-0.4, -0.2) is 20.9 Å². The lowest BCUT2D eigenvalue weighted by Gasteiger charge is -2.01. The summed E-state index contributed by atoms with van der Waals surface area (Å²) in [7, 11) is 0. The molecular formula is C17H27N3S. The monoisotopic (exact) mass is 305 g/mol. The number of hydrogen-bond donors (Lipinski definition) is 1. The molecule has 0 bridgehead atoms. The minimum absolute atomic E-state index is 0.883. The van der Waals surface area contributed by atoms with Crippen molar-refractivity contribution in [3.63, 3.8) is 0 Å². The van der Waals surface area contributed by atoms with Crippen molar-refractivity contribution in [2.75, 3.05) is 5.75 Å².